The highest BCUT2D eigenvalue weighted by atomic mass is 16.7. The van der Waals surface area contributed by atoms with E-state index in [1.54, 1.807) is 0 Å². The standard InChI is InChI=1S/C46H89NO13/c1-3-5-7-9-11-13-15-17-18-20-22-24-26-28-30-38(51)47-34(35(50)29-27-25-23-21-19-16-14-12-10-8-6-4-2)33-57-45-43(56)41(54)44(37(32-49)59-45)60-46-42(55)40(53)39(52)36(31-48)58-46/h34-37,39-46,48-50,52-56H,3-33H2,1-2H3,(H,47,51). The lowest BCUT2D eigenvalue weighted by molar-refractivity contribution is -0.359. The maximum atomic E-state index is 13.1. The monoisotopic (exact) mass is 864 g/mol. The minimum atomic E-state index is -1.78. The van der Waals surface area contributed by atoms with Crippen LogP contribution in [0.5, 0.6) is 0 Å². The van der Waals surface area contributed by atoms with E-state index in [4.69, 9.17) is 18.9 Å². The number of hydrogen-bond donors (Lipinski definition) is 9. The lowest BCUT2D eigenvalue weighted by Crippen LogP contribution is -2.65. The predicted octanol–water partition coefficient (Wildman–Crippen LogP) is 5.44. The molecule has 2 fully saturated rings. The molecule has 2 rings (SSSR count). The summed E-state index contributed by atoms with van der Waals surface area (Å²) in [6, 6.07) is -0.819. The van der Waals surface area contributed by atoms with Gasteiger partial charge in [-0.2, -0.15) is 0 Å². The van der Waals surface area contributed by atoms with Gasteiger partial charge in [-0.25, -0.2) is 0 Å². The SMILES string of the molecule is CCCCCCCCCCCCCCCCC(=O)NC(COC1OC(CO)C(OC2OC(CO)C(O)C(O)C2O)C(O)C1O)C(O)CCCCCCCCCCCCCC. The molecule has 60 heavy (non-hydrogen) atoms. The van der Waals surface area contributed by atoms with Gasteiger partial charge in [-0.15, -0.1) is 0 Å². The van der Waals surface area contributed by atoms with E-state index in [1.807, 2.05) is 0 Å². The van der Waals surface area contributed by atoms with Crippen molar-refractivity contribution in [1.82, 2.24) is 5.32 Å². The van der Waals surface area contributed by atoms with Gasteiger partial charge in [0.15, 0.2) is 12.6 Å². The maximum absolute atomic E-state index is 13.1. The van der Waals surface area contributed by atoms with Crippen molar-refractivity contribution in [2.75, 3.05) is 19.8 Å². The Labute approximate surface area is 362 Å². The van der Waals surface area contributed by atoms with Crippen LogP contribution >= 0.6 is 0 Å². The van der Waals surface area contributed by atoms with Gasteiger partial charge in [0.1, 0.15) is 48.8 Å². The number of carbonyl (C=O) groups is 1. The zero-order chi connectivity index (χ0) is 44.0. The third kappa shape index (κ3) is 22.1. The minimum absolute atomic E-state index is 0.206. The van der Waals surface area contributed by atoms with Crippen LogP contribution in [0.3, 0.4) is 0 Å². The molecule has 0 bridgehead atoms. The molecule has 1 amide bonds. The minimum Gasteiger partial charge on any atom is -0.394 e. The van der Waals surface area contributed by atoms with Gasteiger partial charge in [-0.05, 0) is 12.8 Å². The molecule has 12 atom stereocenters. The summed E-state index contributed by atoms with van der Waals surface area (Å²) in [5, 5.41) is 86.7. The Morgan fingerprint density at radius 3 is 1.42 bits per heavy atom. The Kier molecular flexibility index (Phi) is 31.6. The number of nitrogens with one attached hydrogen (secondary N) is 1. The molecule has 2 aliphatic heterocycles. The lowest BCUT2D eigenvalue weighted by atomic mass is 9.97. The highest BCUT2D eigenvalue weighted by Gasteiger charge is 2.51. The first kappa shape index (κ1) is 55.1. The molecule has 356 valence electrons. The van der Waals surface area contributed by atoms with Gasteiger partial charge >= 0.3 is 0 Å². The van der Waals surface area contributed by atoms with Gasteiger partial charge in [0.2, 0.25) is 5.91 Å². The molecule has 0 aromatic heterocycles. The van der Waals surface area contributed by atoms with E-state index >= 15 is 0 Å². The zero-order valence-corrected chi connectivity index (χ0v) is 37.5. The summed E-state index contributed by atoms with van der Waals surface area (Å²) in [5.41, 5.74) is 0. The first-order chi connectivity index (χ1) is 29.1. The number of ether oxygens (including phenoxy) is 4. The van der Waals surface area contributed by atoms with Crippen molar-refractivity contribution in [2.24, 2.45) is 0 Å². The van der Waals surface area contributed by atoms with Gasteiger partial charge in [0.25, 0.3) is 0 Å². The molecule has 0 spiro atoms. The fourth-order valence-electron chi connectivity index (χ4n) is 8.30. The summed E-state index contributed by atoms with van der Waals surface area (Å²) in [7, 11) is 0. The number of aliphatic hydroxyl groups excluding tert-OH is 8. The van der Waals surface area contributed by atoms with Gasteiger partial charge < -0.3 is 65.1 Å². The highest BCUT2D eigenvalue weighted by molar-refractivity contribution is 5.76. The maximum Gasteiger partial charge on any atom is 0.220 e. The van der Waals surface area contributed by atoms with E-state index in [0.717, 1.165) is 51.4 Å². The van der Waals surface area contributed by atoms with Crippen LogP contribution in [0.1, 0.15) is 194 Å². The van der Waals surface area contributed by atoms with E-state index in [1.165, 1.54) is 116 Å². The van der Waals surface area contributed by atoms with E-state index in [0.29, 0.717) is 12.8 Å². The first-order valence-corrected chi connectivity index (χ1v) is 24.3. The van der Waals surface area contributed by atoms with Crippen LogP contribution in [-0.2, 0) is 23.7 Å². The summed E-state index contributed by atoms with van der Waals surface area (Å²) in [5.74, 6) is -0.206. The summed E-state index contributed by atoms with van der Waals surface area (Å²) in [6.07, 6.45) is 15.3. The number of unbranched alkanes of at least 4 members (excludes halogenated alkanes) is 24. The summed E-state index contributed by atoms with van der Waals surface area (Å²) < 4.78 is 22.7. The molecule has 2 aliphatic rings. The number of carbonyl (C=O) groups excluding carboxylic acids is 1. The Morgan fingerprint density at radius 1 is 0.533 bits per heavy atom. The fourth-order valence-corrected chi connectivity index (χ4v) is 8.30. The summed E-state index contributed by atoms with van der Waals surface area (Å²) in [6.45, 7) is 2.84. The second-order valence-electron chi connectivity index (χ2n) is 17.6. The summed E-state index contributed by atoms with van der Waals surface area (Å²) in [4.78, 5) is 13.1. The Bertz CT molecular complexity index is 1020. The molecule has 0 aromatic rings. The second kappa shape index (κ2) is 34.4. The average Bonchev–Trinajstić information content (AvgIpc) is 3.24. The summed E-state index contributed by atoms with van der Waals surface area (Å²) >= 11 is 0. The Hall–Kier alpha value is -1.01. The van der Waals surface area contributed by atoms with Crippen LogP contribution in [0.4, 0.5) is 0 Å². The third-order valence-electron chi connectivity index (χ3n) is 12.3. The van der Waals surface area contributed by atoms with Gasteiger partial charge in [0, 0.05) is 6.42 Å². The molecule has 14 heteroatoms. The molecule has 0 aromatic carbocycles. The van der Waals surface area contributed by atoms with Gasteiger partial charge in [-0.1, -0.05) is 174 Å². The average molecular weight is 864 g/mol. The van der Waals surface area contributed by atoms with Crippen LogP contribution < -0.4 is 5.32 Å². The number of amides is 1. The quantitative estimate of drug-likeness (QED) is 0.0356. The third-order valence-corrected chi connectivity index (χ3v) is 12.3. The van der Waals surface area contributed by atoms with Gasteiger partial charge in [-0.3, -0.25) is 4.79 Å². The molecule has 12 unspecified atom stereocenters. The van der Waals surface area contributed by atoms with Crippen LogP contribution in [0.2, 0.25) is 0 Å². The van der Waals surface area contributed by atoms with Crippen LogP contribution in [-0.4, -0.2) is 140 Å². The topological polar surface area (TPSA) is 228 Å². The highest BCUT2D eigenvalue weighted by Crippen LogP contribution is 2.30. The molecule has 0 saturated carbocycles. The molecular weight excluding hydrogens is 774 g/mol. The van der Waals surface area contributed by atoms with Crippen molar-refractivity contribution in [3.8, 4) is 0 Å². The van der Waals surface area contributed by atoms with Crippen LogP contribution in [0.15, 0.2) is 0 Å². The smallest absolute Gasteiger partial charge is 0.220 e. The van der Waals surface area contributed by atoms with E-state index in [9.17, 15) is 45.6 Å². The molecule has 0 radical (unpaired) electrons. The van der Waals surface area contributed by atoms with E-state index in [-0.39, 0.29) is 12.5 Å². The molecule has 9 N–H and O–H groups in total. The molecule has 0 aliphatic carbocycles. The van der Waals surface area contributed by atoms with E-state index in [2.05, 4.69) is 19.2 Å². The molecule has 14 nitrogen and oxygen atoms in total. The molecule has 2 saturated heterocycles. The molecular formula is C46H89NO13. The first-order valence-electron chi connectivity index (χ1n) is 24.3. The number of hydrogen-bond acceptors (Lipinski definition) is 13. The van der Waals surface area contributed by atoms with Crippen molar-refractivity contribution < 1.29 is 64.6 Å². The van der Waals surface area contributed by atoms with Crippen LogP contribution in [0, 0.1) is 0 Å². The lowest BCUT2D eigenvalue weighted by Gasteiger charge is -2.46. The number of rotatable bonds is 37. The molecule has 2 heterocycles. The van der Waals surface area contributed by atoms with Crippen molar-refractivity contribution in [3.05, 3.63) is 0 Å². The van der Waals surface area contributed by atoms with E-state index < -0.39 is 86.8 Å². The van der Waals surface area contributed by atoms with Gasteiger partial charge in [0.05, 0.1) is 32.0 Å². The number of aliphatic hydroxyl groups is 8. The Balaban J connectivity index is 1.86. The Morgan fingerprint density at radius 2 is 0.950 bits per heavy atom. The van der Waals surface area contributed by atoms with Crippen molar-refractivity contribution >= 4 is 5.91 Å². The van der Waals surface area contributed by atoms with Crippen molar-refractivity contribution in [2.45, 2.75) is 267 Å². The normalized spacial score (nSPS) is 28.2. The van der Waals surface area contributed by atoms with Crippen LogP contribution in [0.25, 0.3) is 0 Å². The van der Waals surface area contributed by atoms with Crippen molar-refractivity contribution in [1.29, 1.82) is 0 Å². The predicted molar refractivity (Wildman–Crippen MR) is 231 cm³/mol. The fraction of sp³-hybridized carbons (Fsp3) is 0.978. The largest absolute Gasteiger partial charge is 0.394 e. The zero-order valence-electron chi connectivity index (χ0n) is 37.5. The second-order valence-corrected chi connectivity index (χ2v) is 17.6. The van der Waals surface area contributed by atoms with Crippen molar-refractivity contribution in [3.63, 3.8) is 0 Å².